The van der Waals surface area contributed by atoms with Crippen LogP contribution >= 0.6 is 0 Å². The fourth-order valence-corrected chi connectivity index (χ4v) is 3.65. The number of carbonyl (C=O) groups is 2. The minimum absolute atomic E-state index is 0.0165. The molecule has 0 bridgehead atoms. The molecule has 0 saturated heterocycles. The summed E-state index contributed by atoms with van der Waals surface area (Å²) in [6.07, 6.45) is 2.61. The first-order valence-electron chi connectivity index (χ1n) is 9.26. The molecule has 0 aliphatic heterocycles. The first kappa shape index (κ1) is 18.1. The first-order valence-corrected chi connectivity index (χ1v) is 9.26. The molecule has 0 saturated carbocycles. The number of esters is 1. The molecule has 6 nitrogen and oxygen atoms in total. The van der Waals surface area contributed by atoms with Crippen molar-refractivity contribution >= 4 is 11.8 Å². The lowest BCUT2D eigenvalue weighted by Gasteiger charge is -2.19. The Hall–Kier alpha value is -3.28. The summed E-state index contributed by atoms with van der Waals surface area (Å²) in [5.41, 5.74) is 2.35. The number of H-pyrrole nitrogens is 1. The zero-order chi connectivity index (χ0) is 19.5. The lowest BCUT2D eigenvalue weighted by atomic mass is 9.84. The van der Waals surface area contributed by atoms with Gasteiger partial charge in [0.1, 0.15) is 30.4 Å². The van der Waals surface area contributed by atoms with E-state index in [0.29, 0.717) is 29.7 Å². The monoisotopic (exact) mass is 379 g/mol. The third kappa shape index (κ3) is 3.58. The zero-order valence-electron chi connectivity index (χ0n) is 15.6. The molecule has 0 unspecified atom stereocenters. The van der Waals surface area contributed by atoms with Crippen LogP contribution in [0.25, 0.3) is 0 Å². The highest BCUT2D eigenvalue weighted by Crippen LogP contribution is 2.35. The highest BCUT2D eigenvalue weighted by molar-refractivity contribution is 6.03. The third-order valence-electron chi connectivity index (χ3n) is 4.97. The Morgan fingerprint density at radius 3 is 2.71 bits per heavy atom. The van der Waals surface area contributed by atoms with Gasteiger partial charge in [-0.1, -0.05) is 18.2 Å². The Morgan fingerprint density at radius 2 is 1.96 bits per heavy atom. The molecule has 4 rings (SSSR count). The number of hydrogen-bond donors (Lipinski definition) is 1. The lowest BCUT2D eigenvalue weighted by Crippen LogP contribution is -2.18. The van der Waals surface area contributed by atoms with Gasteiger partial charge in [-0.25, -0.2) is 4.79 Å². The fraction of sp³-hybridized carbons (Fsp3) is 0.273. The van der Waals surface area contributed by atoms with Gasteiger partial charge in [0.05, 0.1) is 6.26 Å². The van der Waals surface area contributed by atoms with Gasteiger partial charge in [-0.2, -0.15) is 0 Å². The molecule has 1 aliphatic carbocycles. The number of Topliss-reactive ketones (excluding diaryl/α,β-unsaturated/α-hetero) is 1. The van der Waals surface area contributed by atoms with Crippen molar-refractivity contribution < 1.29 is 23.5 Å². The molecule has 2 aromatic heterocycles. The van der Waals surface area contributed by atoms with Crippen LogP contribution < -0.4 is 4.74 Å². The van der Waals surface area contributed by atoms with E-state index in [1.807, 2.05) is 42.5 Å². The Balaban J connectivity index is 1.41. The summed E-state index contributed by atoms with van der Waals surface area (Å²) in [7, 11) is 0. The summed E-state index contributed by atoms with van der Waals surface area (Å²) < 4.78 is 16.3. The molecule has 1 atom stereocenters. The van der Waals surface area contributed by atoms with E-state index in [4.69, 9.17) is 13.9 Å². The predicted octanol–water partition coefficient (Wildman–Crippen LogP) is 4.06. The quantitative estimate of drug-likeness (QED) is 0.516. The molecule has 2 heterocycles. The summed E-state index contributed by atoms with van der Waals surface area (Å²) in [6.45, 7) is 2.16. The topological polar surface area (TPSA) is 81.5 Å². The Bertz CT molecular complexity index is 972. The second-order valence-electron chi connectivity index (χ2n) is 6.82. The van der Waals surface area contributed by atoms with Crippen LogP contribution in [0.1, 0.15) is 50.2 Å². The number of carbonyl (C=O) groups excluding carboxylic acids is 2. The molecule has 1 aromatic carbocycles. The number of rotatable bonds is 6. The van der Waals surface area contributed by atoms with E-state index in [0.717, 1.165) is 17.2 Å². The Labute approximate surface area is 162 Å². The summed E-state index contributed by atoms with van der Waals surface area (Å²) in [4.78, 5) is 28.2. The number of aromatic nitrogens is 1. The minimum atomic E-state index is -0.481. The molecule has 144 valence electrons. The van der Waals surface area contributed by atoms with Crippen LogP contribution in [0.5, 0.6) is 5.75 Å². The van der Waals surface area contributed by atoms with E-state index < -0.39 is 5.97 Å². The largest absolute Gasteiger partial charge is 0.490 e. The average Bonchev–Trinajstić information content (AvgIpc) is 3.34. The van der Waals surface area contributed by atoms with Crippen molar-refractivity contribution in [3.8, 4) is 5.75 Å². The average molecular weight is 379 g/mol. The smallest absolute Gasteiger partial charge is 0.355 e. The van der Waals surface area contributed by atoms with E-state index in [1.54, 1.807) is 13.2 Å². The van der Waals surface area contributed by atoms with E-state index in [-0.39, 0.29) is 24.9 Å². The van der Waals surface area contributed by atoms with Crippen molar-refractivity contribution in [2.24, 2.45) is 0 Å². The van der Waals surface area contributed by atoms with E-state index in [1.165, 1.54) is 0 Å². The van der Waals surface area contributed by atoms with Crippen LogP contribution in [0, 0.1) is 6.92 Å². The Morgan fingerprint density at radius 1 is 1.14 bits per heavy atom. The first-order chi connectivity index (χ1) is 13.6. The molecule has 28 heavy (non-hydrogen) atoms. The maximum atomic E-state index is 12.6. The van der Waals surface area contributed by atoms with E-state index >= 15 is 0 Å². The van der Waals surface area contributed by atoms with Gasteiger partial charge in [0.25, 0.3) is 0 Å². The summed E-state index contributed by atoms with van der Waals surface area (Å²) in [5, 5.41) is 0. The molecule has 6 heteroatoms. The maximum Gasteiger partial charge on any atom is 0.355 e. The van der Waals surface area contributed by atoms with Gasteiger partial charge >= 0.3 is 5.97 Å². The highest BCUT2D eigenvalue weighted by atomic mass is 16.6. The molecular formula is C22H21NO5. The van der Waals surface area contributed by atoms with Gasteiger partial charge in [-0.3, -0.25) is 4.79 Å². The van der Waals surface area contributed by atoms with Crippen molar-refractivity contribution in [2.75, 3.05) is 13.2 Å². The number of ether oxygens (including phenoxy) is 2. The maximum absolute atomic E-state index is 12.6. The van der Waals surface area contributed by atoms with Gasteiger partial charge in [-0.05, 0) is 43.2 Å². The van der Waals surface area contributed by atoms with Gasteiger partial charge in [-0.15, -0.1) is 0 Å². The van der Waals surface area contributed by atoms with Crippen molar-refractivity contribution in [1.82, 2.24) is 4.98 Å². The zero-order valence-corrected chi connectivity index (χ0v) is 15.6. The standard InChI is InChI=1S/C22H21NO5/c1-14-20-17(12-15(13-18(20)24)19-8-5-9-27-19)23-21(14)22(25)28-11-10-26-16-6-3-2-4-7-16/h2-9,15,23H,10-13H2,1H3/t15-/m0/s1. The normalized spacial score (nSPS) is 15.9. The van der Waals surface area contributed by atoms with E-state index in [2.05, 4.69) is 4.98 Å². The van der Waals surface area contributed by atoms with Crippen molar-refractivity contribution in [1.29, 1.82) is 0 Å². The van der Waals surface area contributed by atoms with Crippen LogP contribution in [0.2, 0.25) is 0 Å². The number of ketones is 1. The predicted molar refractivity (Wildman–Crippen MR) is 102 cm³/mol. The number of fused-ring (bicyclic) bond motifs is 1. The number of hydrogen-bond acceptors (Lipinski definition) is 5. The summed E-state index contributed by atoms with van der Waals surface area (Å²) in [6, 6.07) is 13.0. The Kier molecular flexibility index (Phi) is 5.02. The fourth-order valence-electron chi connectivity index (χ4n) is 3.65. The molecule has 3 aromatic rings. The van der Waals surface area contributed by atoms with E-state index in [9.17, 15) is 9.59 Å². The van der Waals surface area contributed by atoms with Crippen molar-refractivity contribution in [3.05, 3.63) is 77.0 Å². The molecule has 1 aliphatic rings. The van der Waals surface area contributed by atoms with Crippen LogP contribution in [0.3, 0.4) is 0 Å². The SMILES string of the molecule is Cc1c(C(=O)OCCOc2ccccc2)[nH]c2c1C(=O)C[C@@H](c1ccco1)C2. The lowest BCUT2D eigenvalue weighted by molar-refractivity contribution is 0.0443. The van der Waals surface area contributed by atoms with Gasteiger partial charge in [0, 0.05) is 23.6 Å². The molecule has 0 amide bonds. The highest BCUT2D eigenvalue weighted by Gasteiger charge is 2.33. The minimum Gasteiger partial charge on any atom is -0.490 e. The molecule has 0 spiro atoms. The molecule has 0 radical (unpaired) electrons. The van der Waals surface area contributed by atoms with Crippen LogP contribution in [0.4, 0.5) is 0 Å². The number of aromatic amines is 1. The van der Waals surface area contributed by atoms with Crippen LogP contribution in [0.15, 0.2) is 53.1 Å². The van der Waals surface area contributed by atoms with Gasteiger partial charge < -0.3 is 18.9 Å². The summed E-state index contributed by atoms with van der Waals surface area (Å²) in [5.74, 6) is 1.03. The second-order valence-corrected chi connectivity index (χ2v) is 6.82. The summed E-state index contributed by atoms with van der Waals surface area (Å²) >= 11 is 0. The molecule has 0 fully saturated rings. The molecular weight excluding hydrogens is 358 g/mol. The number of nitrogens with one attached hydrogen (secondary N) is 1. The van der Waals surface area contributed by atoms with Gasteiger partial charge in [0.15, 0.2) is 5.78 Å². The third-order valence-corrected chi connectivity index (χ3v) is 4.97. The van der Waals surface area contributed by atoms with Gasteiger partial charge in [0.2, 0.25) is 0 Å². The van der Waals surface area contributed by atoms with Crippen LogP contribution in [-0.2, 0) is 11.2 Å². The molecule has 1 N–H and O–H groups in total. The van der Waals surface area contributed by atoms with Crippen molar-refractivity contribution in [3.63, 3.8) is 0 Å². The van der Waals surface area contributed by atoms with Crippen molar-refractivity contribution in [2.45, 2.75) is 25.7 Å². The number of para-hydroxylation sites is 1. The number of furan rings is 1. The second kappa shape index (κ2) is 7.76. The number of benzene rings is 1. The van der Waals surface area contributed by atoms with Crippen LogP contribution in [-0.4, -0.2) is 30.0 Å².